The van der Waals surface area contributed by atoms with E-state index in [-0.39, 0.29) is 64.6 Å². The number of carbonyl (C=O) groups is 1. The van der Waals surface area contributed by atoms with Gasteiger partial charge in [-0.05, 0) is 38.5 Å². The first-order valence-corrected chi connectivity index (χ1v) is 8.62. The first-order chi connectivity index (χ1) is 9.77. The van der Waals surface area contributed by atoms with E-state index < -0.39 is 5.97 Å². The van der Waals surface area contributed by atoms with Crippen LogP contribution in [0.4, 0.5) is 0 Å². The maximum absolute atomic E-state index is 10.2. The van der Waals surface area contributed by atoms with Gasteiger partial charge in [0.1, 0.15) is 0 Å². The van der Waals surface area contributed by atoms with Gasteiger partial charge in [-0.1, -0.05) is 70.4 Å². The van der Waals surface area contributed by atoms with Crippen molar-refractivity contribution in [3.63, 3.8) is 0 Å². The third kappa shape index (κ3) is 23.4. The molecule has 0 rings (SSSR count). The summed E-state index contributed by atoms with van der Waals surface area (Å²) in [5.74, 6) is -0.914. The van der Waals surface area contributed by atoms with Crippen LogP contribution in [0.5, 0.6) is 0 Å². The summed E-state index contributed by atoms with van der Waals surface area (Å²) in [6.45, 7) is 2.26. The van der Waals surface area contributed by atoms with E-state index in [4.69, 9.17) is 0 Å². The van der Waals surface area contributed by atoms with Crippen LogP contribution in [-0.4, -0.2) is 5.97 Å². The summed E-state index contributed by atoms with van der Waals surface area (Å²) in [7, 11) is 0. The van der Waals surface area contributed by atoms with Crippen molar-refractivity contribution in [1.29, 1.82) is 0 Å². The van der Waals surface area contributed by atoms with Crippen molar-refractivity contribution in [2.24, 2.45) is 0 Å². The molecule has 0 atom stereocenters. The van der Waals surface area contributed by atoms with Gasteiger partial charge in [-0.25, -0.2) is 0 Å². The Morgan fingerprint density at radius 2 is 1.19 bits per heavy atom. The van der Waals surface area contributed by atoms with Crippen LogP contribution in [-0.2, 0) is 4.79 Å². The maximum Gasteiger partial charge on any atom is 1.00 e. The summed E-state index contributed by atoms with van der Waals surface area (Å²) in [4.78, 5) is 10.2. The van der Waals surface area contributed by atoms with Gasteiger partial charge in [-0.3, -0.25) is 0 Å². The fourth-order valence-electron chi connectivity index (χ4n) is 2.34. The molecule has 0 fully saturated rings. The first-order valence-electron chi connectivity index (χ1n) is 8.62. The van der Waals surface area contributed by atoms with E-state index >= 15 is 0 Å². The Hall–Kier alpha value is 1.02. The van der Waals surface area contributed by atoms with Gasteiger partial charge in [-0.15, -0.1) is 0 Å². The van der Waals surface area contributed by atoms with Crippen LogP contribution in [0.1, 0.15) is 96.8 Å². The average Bonchev–Trinajstić information content (AvgIpc) is 2.43. The average molecular weight is 367 g/mol. The van der Waals surface area contributed by atoms with Gasteiger partial charge in [0, 0.05) is 5.97 Å². The zero-order valence-corrected chi connectivity index (χ0v) is 19.3. The Morgan fingerprint density at radius 3 is 1.67 bits per heavy atom. The molecule has 0 aromatic rings. The van der Waals surface area contributed by atoms with Gasteiger partial charge in [0.25, 0.3) is 0 Å². The molecule has 0 radical (unpaired) electrons. The molecule has 2 nitrogen and oxygen atoms in total. The maximum atomic E-state index is 10.2. The standard InChI is InChI=1S/C18H34O2.Rb/c1-2-3-4-5-6-7-8-9-10-11-12-13-14-15-16-17-18(19)20;/h9-10H,2-8,11-17H2,1H3,(H,19,20);/q;+1/p-1/b10-9-;. The molecule has 0 aliphatic rings. The molecule has 0 N–H and O–H groups in total. The number of rotatable bonds is 15. The third-order valence-corrected chi connectivity index (χ3v) is 3.64. The van der Waals surface area contributed by atoms with Crippen LogP contribution in [0, 0.1) is 0 Å². The van der Waals surface area contributed by atoms with Crippen LogP contribution < -0.4 is 63.3 Å². The van der Waals surface area contributed by atoms with Crippen molar-refractivity contribution < 1.29 is 68.1 Å². The van der Waals surface area contributed by atoms with E-state index in [1.165, 1.54) is 64.2 Å². The normalized spacial score (nSPS) is 10.7. The van der Waals surface area contributed by atoms with Gasteiger partial charge in [0.2, 0.25) is 0 Å². The summed E-state index contributed by atoms with van der Waals surface area (Å²) >= 11 is 0. The van der Waals surface area contributed by atoms with Crippen LogP contribution in [0.2, 0.25) is 0 Å². The second kappa shape index (κ2) is 21.0. The Morgan fingerprint density at radius 1 is 0.762 bits per heavy atom. The molecule has 0 aliphatic heterocycles. The molecule has 21 heavy (non-hydrogen) atoms. The monoisotopic (exact) mass is 366 g/mol. The number of hydrogen-bond acceptors (Lipinski definition) is 2. The SMILES string of the molecule is CCCCCCCC/C=C\CCCCCCCC(=O)[O-].[Rb+]. The van der Waals surface area contributed by atoms with Gasteiger partial charge >= 0.3 is 58.2 Å². The molecule has 0 saturated carbocycles. The van der Waals surface area contributed by atoms with Crippen molar-refractivity contribution in [1.82, 2.24) is 0 Å². The Kier molecular flexibility index (Phi) is 24.3. The number of carboxylic acid groups (broad SMARTS) is 1. The Balaban J connectivity index is 0. The predicted molar refractivity (Wildman–Crippen MR) is 84.5 cm³/mol. The number of aliphatic carboxylic acids is 1. The molecule has 0 amide bonds. The molecule has 0 heterocycles. The molecule has 3 heteroatoms. The molecule has 0 aliphatic carbocycles. The molecule has 0 bridgehead atoms. The van der Waals surface area contributed by atoms with E-state index in [1.54, 1.807) is 0 Å². The van der Waals surface area contributed by atoms with Gasteiger partial charge in [0.05, 0.1) is 0 Å². The summed E-state index contributed by atoms with van der Waals surface area (Å²) in [6, 6.07) is 0. The van der Waals surface area contributed by atoms with E-state index in [0.29, 0.717) is 0 Å². The molecular formula is C18H33O2Rb. The zero-order chi connectivity index (χ0) is 14.9. The van der Waals surface area contributed by atoms with Crippen molar-refractivity contribution in [2.45, 2.75) is 96.8 Å². The van der Waals surface area contributed by atoms with Crippen LogP contribution in [0.15, 0.2) is 12.2 Å². The minimum atomic E-state index is -0.914. The topological polar surface area (TPSA) is 40.1 Å². The van der Waals surface area contributed by atoms with Crippen molar-refractivity contribution in [2.75, 3.05) is 0 Å². The van der Waals surface area contributed by atoms with E-state index in [0.717, 1.165) is 19.3 Å². The summed E-state index contributed by atoms with van der Waals surface area (Å²) in [5, 5.41) is 10.2. The van der Waals surface area contributed by atoms with E-state index in [2.05, 4.69) is 19.1 Å². The minimum absolute atomic E-state index is 0. The van der Waals surface area contributed by atoms with Gasteiger partial charge in [-0.2, -0.15) is 0 Å². The number of carbonyl (C=O) groups excluding carboxylic acids is 1. The van der Waals surface area contributed by atoms with Crippen LogP contribution >= 0.6 is 0 Å². The molecule has 0 saturated heterocycles. The van der Waals surface area contributed by atoms with Crippen LogP contribution in [0.3, 0.4) is 0 Å². The Labute approximate surface area is 181 Å². The fourth-order valence-corrected chi connectivity index (χ4v) is 2.34. The third-order valence-electron chi connectivity index (χ3n) is 3.64. The Bertz CT molecular complexity index is 239. The summed E-state index contributed by atoms with van der Waals surface area (Å²) in [6.07, 6.45) is 20.9. The molecule has 118 valence electrons. The molecular weight excluding hydrogens is 334 g/mol. The minimum Gasteiger partial charge on any atom is -0.550 e. The molecule has 0 aromatic heterocycles. The number of unbranched alkanes of at least 4 members (excludes halogenated alkanes) is 11. The number of carboxylic acids is 1. The van der Waals surface area contributed by atoms with Crippen molar-refractivity contribution in [3.05, 3.63) is 12.2 Å². The van der Waals surface area contributed by atoms with E-state index in [1.807, 2.05) is 0 Å². The summed E-state index contributed by atoms with van der Waals surface area (Å²) in [5.41, 5.74) is 0. The quantitative estimate of drug-likeness (QED) is 0.327. The zero-order valence-electron chi connectivity index (χ0n) is 14.4. The second-order valence-corrected chi connectivity index (χ2v) is 5.71. The number of allylic oxidation sites excluding steroid dienone is 2. The molecule has 0 spiro atoms. The fraction of sp³-hybridized carbons (Fsp3) is 0.833. The van der Waals surface area contributed by atoms with Crippen LogP contribution in [0.25, 0.3) is 0 Å². The second-order valence-electron chi connectivity index (χ2n) is 5.71. The summed E-state index contributed by atoms with van der Waals surface area (Å²) < 4.78 is 0. The van der Waals surface area contributed by atoms with Crippen molar-refractivity contribution in [3.8, 4) is 0 Å². The van der Waals surface area contributed by atoms with Crippen molar-refractivity contribution >= 4 is 5.97 Å². The van der Waals surface area contributed by atoms with Gasteiger partial charge in [0.15, 0.2) is 0 Å². The first kappa shape index (κ1) is 24.3. The smallest absolute Gasteiger partial charge is 0.550 e. The number of hydrogen-bond donors (Lipinski definition) is 0. The molecule has 0 aromatic carbocycles. The largest absolute Gasteiger partial charge is 1.00 e. The predicted octanol–water partition coefficient (Wildman–Crippen LogP) is 1.78. The van der Waals surface area contributed by atoms with Gasteiger partial charge < -0.3 is 9.90 Å². The molecule has 0 unspecified atom stereocenters. The van der Waals surface area contributed by atoms with E-state index in [9.17, 15) is 9.90 Å².